The monoisotopic (exact) mass is 258 g/mol. The van der Waals surface area contributed by atoms with Crippen LogP contribution in [-0.2, 0) is 0 Å². The summed E-state index contributed by atoms with van der Waals surface area (Å²) in [6.45, 7) is 0. The van der Waals surface area contributed by atoms with Crippen LogP contribution in [0.2, 0.25) is 5.28 Å². The van der Waals surface area contributed by atoms with Gasteiger partial charge in [0.25, 0.3) is 0 Å². The van der Waals surface area contributed by atoms with Crippen molar-refractivity contribution in [1.29, 1.82) is 0 Å². The highest BCUT2D eigenvalue weighted by molar-refractivity contribution is 6.28. The fourth-order valence-electron chi connectivity index (χ4n) is 2.22. The summed E-state index contributed by atoms with van der Waals surface area (Å²) in [6, 6.07) is 0.725. The van der Waals surface area contributed by atoms with Crippen LogP contribution >= 0.6 is 11.6 Å². The number of nitrogens with one attached hydrogen (secondary N) is 2. The molecular formula is C11H16ClFN4. The molecule has 1 aromatic rings. The summed E-state index contributed by atoms with van der Waals surface area (Å²) in [6.07, 6.45) is 5.39. The van der Waals surface area contributed by atoms with Crippen LogP contribution in [0.25, 0.3) is 0 Å². The second-order valence-corrected chi connectivity index (χ2v) is 4.67. The molecule has 2 N–H and O–H groups in total. The van der Waals surface area contributed by atoms with Gasteiger partial charge in [-0.25, -0.2) is 9.37 Å². The predicted molar refractivity (Wildman–Crippen MR) is 65.7 cm³/mol. The van der Waals surface area contributed by atoms with Gasteiger partial charge in [0.15, 0.2) is 11.6 Å². The lowest BCUT2D eigenvalue weighted by molar-refractivity contribution is 0.368. The van der Waals surface area contributed by atoms with Gasteiger partial charge in [0, 0.05) is 12.1 Å². The molecule has 4 nitrogen and oxygen atoms in total. The lowest BCUT2D eigenvalue weighted by Gasteiger charge is -2.29. The van der Waals surface area contributed by atoms with Gasteiger partial charge in [0.2, 0.25) is 5.28 Å². The molecular weight excluding hydrogens is 243 g/mol. The van der Waals surface area contributed by atoms with Crippen molar-refractivity contribution in [2.24, 2.45) is 0 Å². The molecule has 0 aromatic carbocycles. The topological polar surface area (TPSA) is 49.8 Å². The molecule has 0 unspecified atom stereocenters. The molecule has 1 aromatic heterocycles. The van der Waals surface area contributed by atoms with Crippen LogP contribution in [0.1, 0.15) is 25.7 Å². The number of halogens is 2. The van der Waals surface area contributed by atoms with Gasteiger partial charge in [-0.2, -0.15) is 4.98 Å². The first-order valence-corrected chi connectivity index (χ1v) is 6.18. The fraction of sp³-hybridized carbons (Fsp3) is 0.636. The minimum absolute atomic E-state index is 0.0647. The normalized spacial score (nSPS) is 24.6. The zero-order valence-corrected chi connectivity index (χ0v) is 10.5. The van der Waals surface area contributed by atoms with Crippen molar-refractivity contribution in [3.8, 4) is 0 Å². The summed E-state index contributed by atoms with van der Waals surface area (Å²) in [4.78, 5) is 7.46. The van der Waals surface area contributed by atoms with Gasteiger partial charge in [-0.1, -0.05) is 0 Å². The molecule has 1 saturated carbocycles. The number of rotatable bonds is 3. The summed E-state index contributed by atoms with van der Waals surface area (Å²) >= 11 is 5.65. The molecule has 0 spiro atoms. The molecule has 1 fully saturated rings. The summed E-state index contributed by atoms with van der Waals surface area (Å²) < 4.78 is 13.4. The second-order valence-electron chi connectivity index (χ2n) is 4.33. The third kappa shape index (κ3) is 3.26. The Kier molecular flexibility index (Phi) is 4.12. The van der Waals surface area contributed by atoms with Crippen molar-refractivity contribution in [2.45, 2.75) is 37.8 Å². The highest BCUT2D eigenvalue weighted by Gasteiger charge is 2.21. The van der Waals surface area contributed by atoms with Crippen LogP contribution in [0.3, 0.4) is 0 Å². The van der Waals surface area contributed by atoms with E-state index < -0.39 is 5.82 Å². The van der Waals surface area contributed by atoms with Crippen molar-refractivity contribution >= 4 is 17.4 Å². The Bertz CT molecular complexity index is 388. The zero-order valence-electron chi connectivity index (χ0n) is 9.71. The van der Waals surface area contributed by atoms with E-state index in [1.165, 1.54) is 6.42 Å². The van der Waals surface area contributed by atoms with Crippen LogP contribution < -0.4 is 10.6 Å². The van der Waals surface area contributed by atoms with Gasteiger partial charge in [0.1, 0.15) is 0 Å². The average molecular weight is 259 g/mol. The Morgan fingerprint density at radius 1 is 1.41 bits per heavy atom. The van der Waals surface area contributed by atoms with Crippen LogP contribution in [0.4, 0.5) is 10.2 Å². The van der Waals surface area contributed by atoms with Gasteiger partial charge >= 0.3 is 0 Å². The molecule has 0 bridgehead atoms. The van der Waals surface area contributed by atoms with E-state index in [0.29, 0.717) is 6.04 Å². The molecule has 2 rings (SSSR count). The minimum atomic E-state index is -0.457. The second kappa shape index (κ2) is 5.60. The standard InChI is InChI=1S/C11H16ClFN4/c1-14-7-3-2-4-8(5-7)16-10-9(13)6-15-11(12)17-10/h6-8,14H,2-5H2,1H3,(H,15,16,17)/t7-,8+/m1/s1. The maximum Gasteiger partial charge on any atom is 0.224 e. The maximum absolute atomic E-state index is 13.4. The summed E-state index contributed by atoms with van der Waals surface area (Å²) in [5, 5.41) is 6.42. The fourth-order valence-corrected chi connectivity index (χ4v) is 2.36. The molecule has 6 heteroatoms. The van der Waals surface area contributed by atoms with Crippen LogP contribution in [0, 0.1) is 5.82 Å². The Balaban J connectivity index is 2.02. The van der Waals surface area contributed by atoms with E-state index in [4.69, 9.17) is 11.6 Å². The average Bonchev–Trinajstić information content (AvgIpc) is 2.34. The molecule has 17 heavy (non-hydrogen) atoms. The third-order valence-corrected chi connectivity index (χ3v) is 3.32. The Labute approximate surface area is 105 Å². The Morgan fingerprint density at radius 3 is 2.94 bits per heavy atom. The van der Waals surface area contributed by atoms with E-state index in [2.05, 4.69) is 20.6 Å². The first-order chi connectivity index (χ1) is 8.19. The molecule has 94 valence electrons. The van der Waals surface area contributed by atoms with E-state index >= 15 is 0 Å². The van der Waals surface area contributed by atoms with Crippen molar-refractivity contribution in [3.63, 3.8) is 0 Å². The lowest BCUT2D eigenvalue weighted by Crippen LogP contribution is -2.37. The number of anilines is 1. The zero-order chi connectivity index (χ0) is 12.3. The molecule has 1 aliphatic rings. The SMILES string of the molecule is CN[C@@H]1CCC[C@H](Nc2nc(Cl)ncc2F)C1. The first-order valence-electron chi connectivity index (χ1n) is 5.81. The van der Waals surface area contributed by atoms with Crippen molar-refractivity contribution in [2.75, 3.05) is 12.4 Å². The highest BCUT2D eigenvalue weighted by atomic mass is 35.5. The van der Waals surface area contributed by atoms with E-state index in [-0.39, 0.29) is 17.1 Å². The molecule has 0 amide bonds. The number of aromatic nitrogens is 2. The van der Waals surface area contributed by atoms with Crippen LogP contribution in [0.5, 0.6) is 0 Å². The van der Waals surface area contributed by atoms with Gasteiger partial charge < -0.3 is 10.6 Å². The molecule has 1 heterocycles. The van der Waals surface area contributed by atoms with E-state index in [1.807, 2.05) is 7.05 Å². The molecule has 0 aliphatic heterocycles. The van der Waals surface area contributed by atoms with Gasteiger partial charge in [-0.05, 0) is 44.3 Å². The molecule has 0 saturated heterocycles. The van der Waals surface area contributed by atoms with E-state index in [0.717, 1.165) is 25.5 Å². The highest BCUT2D eigenvalue weighted by Crippen LogP contribution is 2.22. The van der Waals surface area contributed by atoms with Gasteiger partial charge in [-0.15, -0.1) is 0 Å². The number of nitrogens with zero attached hydrogens (tertiary/aromatic N) is 2. The summed E-state index contributed by atoms with van der Waals surface area (Å²) in [7, 11) is 1.95. The number of hydrogen-bond donors (Lipinski definition) is 2. The van der Waals surface area contributed by atoms with Gasteiger partial charge in [-0.3, -0.25) is 0 Å². The van der Waals surface area contributed by atoms with E-state index in [1.54, 1.807) is 0 Å². The number of hydrogen-bond acceptors (Lipinski definition) is 4. The van der Waals surface area contributed by atoms with Crippen molar-refractivity contribution in [3.05, 3.63) is 17.3 Å². The Hall–Kier alpha value is -0.940. The minimum Gasteiger partial charge on any atom is -0.365 e. The third-order valence-electron chi connectivity index (χ3n) is 3.14. The lowest BCUT2D eigenvalue weighted by atomic mass is 9.91. The largest absolute Gasteiger partial charge is 0.365 e. The van der Waals surface area contributed by atoms with Crippen LogP contribution in [-0.4, -0.2) is 29.1 Å². The summed E-state index contributed by atoms with van der Waals surface area (Å²) in [5.41, 5.74) is 0. The molecule has 1 aliphatic carbocycles. The smallest absolute Gasteiger partial charge is 0.224 e. The molecule has 2 atom stereocenters. The molecule has 0 radical (unpaired) electrons. The Morgan fingerprint density at radius 2 is 2.18 bits per heavy atom. The van der Waals surface area contributed by atoms with E-state index in [9.17, 15) is 4.39 Å². The maximum atomic E-state index is 13.4. The first kappa shape index (κ1) is 12.5. The van der Waals surface area contributed by atoms with Crippen molar-refractivity contribution in [1.82, 2.24) is 15.3 Å². The predicted octanol–water partition coefficient (Wildman–Crippen LogP) is 2.21. The van der Waals surface area contributed by atoms with Crippen LogP contribution in [0.15, 0.2) is 6.20 Å². The van der Waals surface area contributed by atoms with Gasteiger partial charge in [0.05, 0.1) is 6.20 Å². The quantitative estimate of drug-likeness (QED) is 0.817. The van der Waals surface area contributed by atoms with Crippen molar-refractivity contribution < 1.29 is 4.39 Å². The summed E-state index contributed by atoms with van der Waals surface area (Å²) in [5.74, 6) is -0.257.